The summed E-state index contributed by atoms with van der Waals surface area (Å²) >= 11 is 0. The minimum atomic E-state index is -4.51. The molecule has 0 fully saturated rings. The van der Waals surface area contributed by atoms with Crippen LogP contribution in [0.2, 0.25) is 0 Å². The molecule has 0 aliphatic heterocycles. The minimum Gasteiger partial charge on any atom is -0.493 e. The number of aromatic nitrogens is 1. The molecule has 11 heteroatoms. The van der Waals surface area contributed by atoms with Gasteiger partial charge in [0.15, 0.2) is 24.7 Å². The van der Waals surface area contributed by atoms with E-state index in [-0.39, 0.29) is 41.7 Å². The Morgan fingerprint density at radius 2 is 1.87 bits per heavy atom. The van der Waals surface area contributed by atoms with Crippen LogP contribution in [0.25, 0.3) is 0 Å². The average Bonchev–Trinajstić information content (AvgIpc) is 2.74. The number of carbonyl (C=O) groups excluding carboxylic acids is 2. The van der Waals surface area contributed by atoms with Crippen molar-refractivity contribution in [1.29, 1.82) is 0 Å². The van der Waals surface area contributed by atoms with Crippen molar-refractivity contribution >= 4 is 11.9 Å². The SMILES string of the molecule is COC(=O)COc1ccc(C(=O)NCc2cccnc2OCC(F)(F)F)cc1OC. The Morgan fingerprint density at radius 1 is 1.10 bits per heavy atom. The molecule has 1 N–H and O–H groups in total. The summed E-state index contributed by atoms with van der Waals surface area (Å²) in [5, 5.41) is 2.57. The Labute approximate surface area is 169 Å². The third kappa shape index (κ3) is 6.83. The van der Waals surface area contributed by atoms with E-state index in [2.05, 4.69) is 19.8 Å². The predicted octanol–water partition coefficient (Wildman–Crippen LogP) is 2.51. The Bertz CT molecular complexity index is 889. The maximum absolute atomic E-state index is 12.4. The van der Waals surface area contributed by atoms with Crippen molar-refractivity contribution in [3.05, 3.63) is 47.7 Å². The van der Waals surface area contributed by atoms with Gasteiger partial charge in [0.2, 0.25) is 5.88 Å². The third-order valence-corrected chi connectivity index (χ3v) is 3.66. The smallest absolute Gasteiger partial charge is 0.422 e. The van der Waals surface area contributed by atoms with E-state index in [9.17, 15) is 22.8 Å². The van der Waals surface area contributed by atoms with Gasteiger partial charge in [-0.3, -0.25) is 4.79 Å². The van der Waals surface area contributed by atoms with Gasteiger partial charge in [-0.25, -0.2) is 9.78 Å². The molecule has 0 spiro atoms. The number of hydrogen-bond acceptors (Lipinski definition) is 7. The molecule has 0 bridgehead atoms. The van der Waals surface area contributed by atoms with Gasteiger partial charge in [-0.1, -0.05) is 6.07 Å². The first kappa shape index (κ1) is 22.8. The second kappa shape index (κ2) is 10.3. The fourth-order valence-electron chi connectivity index (χ4n) is 2.24. The van der Waals surface area contributed by atoms with E-state index in [1.54, 1.807) is 0 Å². The first-order chi connectivity index (χ1) is 14.2. The number of rotatable bonds is 9. The van der Waals surface area contributed by atoms with Gasteiger partial charge >= 0.3 is 12.1 Å². The lowest BCUT2D eigenvalue weighted by Gasteiger charge is -2.13. The van der Waals surface area contributed by atoms with E-state index in [1.165, 1.54) is 50.7 Å². The van der Waals surface area contributed by atoms with E-state index in [4.69, 9.17) is 9.47 Å². The fourth-order valence-corrected chi connectivity index (χ4v) is 2.24. The topological polar surface area (TPSA) is 96.0 Å². The number of halogens is 3. The number of amides is 1. The van der Waals surface area contributed by atoms with E-state index >= 15 is 0 Å². The lowest BCUT2D eigenvalue weighted by Crippen LogP contribution is -2.24. The molecule has 0 aliphatic carbocycles. The molecule has 2 aromatic rings. The summed E-state index contributed by atoms with van der Waals surface area (Å²) in [6.45, 7) is -1.93. The first-order valence-corrected chi connectivity index (χ1v) is 8.52. The Balaban J connectivity index is 2.04. The molecule has 0 unspecified atom stereocenters. The van der Waals surface area contributed by atoms with Crippen LogP contribution < -0.4 is 19.5 Å². The van der Waals surface area contributed by atoms with Gasteiger partial charge in [-0.15, -0.1) is 0 Å². The number of nitrogens with one attached hydrogen (secondary N) is 1. The molecule has 0 saturated carbocycles. The van der Waals surface area contributed by atoms with Crippen molar-refractivity contribution in [3.63, 3.8) is 0 Å². The first-order valence-electron chi connectivity index (χ1n) is 8.52. The number of nitrogens with zero attached hydrogens (tertiary/aromatic N) is 1. The Kier molecular flexibility index (Phi) is 7.84. The monoisotopic (exact) mass is 428 g/mol. The number of methoxy groups -OCH3 is 2. The van der Waals surface area contributed by atoms with Crippen molar-refractivity contribution in [2.24, 2.45) is 0 Å². The molecule has 1 heterocycles. The number of benzene rings is 1. The molecule has 1 aromatic heterocycles. The van der Waals surface area contributed by atoms with Crippen LogP contribution in [0.15, 0.2) is 36.5 Å². The zero-order valence-corrected chi connectivity index (χ0v) is 16.1. The summed E-state index contributed by atoms with van der Waals surface area (Å²) in [5.74, 6) is -0.881. The van der Waals surface area contributed by atoms with Gasteiger partial charge in [0.1, 0.15) is 0 Å². The molecule has 162 valence electrons. The zero-order chi connectivity index (χ0) is 22.1. The van der Waals surface area contributed by atoms with Crippen LogP contribution in [0.3, 0.4) is 0 Å². The van der Waals surface area contributed by atoms with Gasteiger partial charge < -0.3 is 24.3 Å². The van der Waals surface area contributed by atoms with Crippen LogP contribution in [0.1, 0.15) is 15.9 Å². The quantitative estimate of drug-likeness (QED) is 0.613. The summed E-state index contributed by atoms with van der Waals surface area (Å²) in [6, 6.07) is 7.28. The van der Waals surface area contributed by atoms with Crippen LogP contribution in [0.4, 0.5) is 13.2 Å². The van der Waals surface area contributed by atoms with Gasteiger partial charge in [0, 0.05) is 23.9 Å². The molecule has 0 aliphatic rings. The Morgan fingerprint density at radius 3 is 2.53 bits per heavy atom. The van der Waals surface area contributed by atoms with Crippen LogP contribution in [-0.4, -0.2) is 50.5 Å². The van der Waals surface area contributed by atoms with Gasteiger partial charge in [0.05, 0.1) is 14.2 Å². The summed E-state index contributed by atoms with van der Waals surface area (Å²) in [4.78, 5) is 27.4. The lowest BCUT2D eigenvalue weighted by molar-refractivity contribution is -0.154. The molecule has 0 saturated heterocycles. The maximum atomic E-state index is 12.4. The molecular weight excluding hydrogens is 409 g/mol. The second-order valence-electron chi connectivity index (χ2n) is 5.78. The number of esters is 1. The Hall–Kier alpha value is -3.50. The predicted molar refractivity (Wildman–Crippen MR) is 97.5 cm³/mol. The second-order valence-corrected chi connectivity index (χ2v) is 5.78. The van der Waals surface area contributed by atoms with Crippen molar-refractivity contribution in [3.8, 4) is 17.4 Å². The number of pyridine rings is 1. The van der Waals surface area contributed by atoms with Crippen molar-refractivity contribution in [2.75, 3.05) is 27.4 Å². The summed E-state index contributed by atoms with van der Waals surface area (Å²) in [6.07, 6.45) is -3.22. The van der Waals surface area contributed by atoms with Crippen LogP contribution in [0, 0.1) is 0 Å². The van der Waals surface area contributed by atoms with Gasteiger partial charge in [-0.2, -0.15) is 13.2 Å². The molecule has 8 nitrogen and oxygen atoms in total. The minimum absolute atomic E-state index is 0.108. The van der Waals surface area contributed by atoms with Crippen molar-refractivity contribution in [1.82, 2.24) is 10.3 Å². The standard InChI is InChI=1S/C19H19F3N2O6/c1-27-15-8-12(5-6-14(15)29-10-16(25)28-2)17(26)24-9-13-4-3-7-23-18(13)30-11-19(20,21)22/h3-8H,9-11H2,1-2H3,(H,24,26). The maximum Gasteiger partial charge on any atom is 0.422 e. The highest BCUT2D eigenvalue weighted by atomic mass is 19.4. The molecule has 1 amide bonds. The number of ether oxygens (including phenoxy) is 4. The summed E-state index contributed by atoms with van der Waals surface area (Å²) < 4.78 is 56.7. The molecule has 2 rings (SSSR count). The highest BCUT2D eigenvalue weighted by Crippen LogP contribution is 2.28. The van der Waals surface area contributed by atoms with Crippen molar-refractivity contribution in [2.45, 2.75) is 12.7 Å². The fraction of sp³-hybridized carbons (Fsp3) is 0.316. The normalized spacial score (nSPS) is 10.8. The van der Waals surface area contributed by atoms with Gasteiger partial charge in [0.25, 0.3) is 5.91 Å². The molecule has 30 heavy (non-hydrogen) atoms. The number of alkyl halides is 3. The molecule has 0 atom stereocenters. The van der Waals surface area contributed by atoms with E-state index in [0.717, 1.165) is 0 Å². The highest BCUT2D eigenvalue weighted by Gasteiger charge is 2.29. The van der Waals surface area contributed by atoms with Gasteiger partial charge in [-0.05, 0) is 24.3 Å². The molecule has 0 radical (unpaired) electrons. The average molecular weight is 428 g/mol. The largest absolute Gasteiger partial charge is 0.493 e. The van der Waals surface area contributed by atoms with E-state index in [1.807, 2.05) is 0 Å². The van der Waals surface area contributed by atoms with Crippen LogP contribution in [0.5, 0.6) is 17.4 Å². The third-order valence-electron chi connectivity index (χ3n) is 3.66. The highest BCUT2D eigenvalue weighted by molar-refractivity contribution is 5.94. The molecular formula is C19H19F3N2O6. The molecule has 1 aromatic carbocycles. The van der Waals surface area contributed by atoms with E-state index in [0.29, 0.717) is 0 Å². The zero-order valence-electron chi connectivity index (χ0n) is 16.1. The van der Waals surface area contributed by atoms with Crippen molar-refractivity contribution < 1.29 is 41.7 Å². The number of carbonyl (C=O) groups is 2. The van der Waals surface area contributed by atoms with Crippen LogP contribution >= 0.6 is 0 Å². The summed E-state index contributed by atoms with van der Waals surface area (Å²) in [5.41, 5.74) is 0.485. The van der Waals surface area contributed by atoms with Crippen LogP contribution in [-0.2, 0) is 16.1 Å². The van der Waals surface area contributed by atoms with E-state index < -0.39 is 24.7 Å². The summed E-state index contributed by atoms with van der Waals surface area (Å²) in [7, 11) is 2.58. The number of hydrogen-bond donors (Lipinski definition) is 1. The lowest BCUT2D eigenvalue weighted by atomic mass is 10.1.